The Labute approximate surface area is 160 Å². The van der Waals surface area contributed by atoms with E-state index in [-0.39, 0.29) is 5.91 Å². The summed E-state index contributed by atoms with van der Waals surface area (Å²) in [5.41, 5.74) is 1.89. The van der Waals surface area contributed by atoms with Gasteiger partial charge in [0.25, 0.3) is 0 Å². The molecular weight excluding hydrogens is 338 g/mol. The minimum atomic E-state index is 0.0979. The number of hydrogen-bond donors (Lipinski definition) is 2. The standard InChI is InChI=1S/C21H29N5O/c1-15(17-5-4-11-22-14-17)13-20(27)23-18-9-7-16(8-10-18)21-25-24-19-6-2-3-12-26(19)21/h7-10,15,17,22H,2-6,11-14H2,1H3,(H,23,27). The van der Waals surface area contributed by atoms with E-state index < -0.39 is 0 Å². The monoisotopic (exact) mass is 367 g/mol. The Morgan fingerprint density at radius 1 is 1.26 bits per heavy atom. The molecule has 27 heavy (non-hydrogen) atoms. The number of aryl methyl sites for hydroxylation is 1. The maximum atomic E-state index is 12.4. The summed E-state index contributed by atoms with van der Waals surface area (Å²) < 4.78 is 2.22. The Morgan fingerprint density at radius 2 is 2.11 bits per heavy atom. The molecule has 0 aliphatic carbocycles. The van der Waals surface area contributed by atoms with Crippen LogP contribution in [0.1, 0.15) is 44.9 Å². The third-order valence-electron chi connectivity index (χ3n) is 5.93. The molecule has 0 spiro atoms. The molecule has 0 bridgehead atoms. The summed E-state index contributed by atoms with van der Waals surface area (Å²) in [6, 6.07) is 7.97. The van der Waals surface area contributed by atoms with Gasteiger partial charge in [0.15, 0.2) is 5.82 Å². The number of carbonyl (C=O) groups is 1. The topological polar surface area (TPSA) is 71.8 Å². The number of piperidine rings is 1. The lowest BCUT2D eigenvalue weighted by atomic mass is 9.85. The van der Waals surface area contributed by atoms with Crippen LogP contribution < -0.4 is 10.6 Å². The lowest BCUT2D eigenvalue weighted by Gasteiger charge is -2.28. The first-order valence-corrected chi connectivity index (χ1v) is 10.2. The molecule has 2 atom stereocenters. The van der Waals surface area contributed by atoms with Crippen LogP contribution in [0, 0.1) is 11.8 Å². The molecule has 1 aromatic heterocycles. The summed E-state index contributed by atoms with van der Waals surface area (Å²) >= 11 is 0. The third-order valence-corrected chi connectivity index (χ3v) is 5.93. The number of benzene rings is 1. The summed E-state index contributed by atoms with van der Waals surface area (Å²) in [5.74, 6) is 3.12. The van der Waals surface area contributed by atoms with Crippen molar-refractivity contribution in [1.29, 1.82) is 0 Å². The van der Waals surface area contributed by atoms with Crippen molar-refractivity contribution in [2.45, 2.75) is 52.0 Å². The molecule has 2 unspecified atom stereocenters. The van der Waals surface area contributed by atoms with Gasteiger partial charge in [0.05, 0.1) is 0 Å². The number of fused-ring (bicyclic) bond motifs is 1. The molecule has 0 radical (unpaired) electrons. The molecule has 144 valence electrons. The van der Waals surface area contributed by atoms with Crippen molar-refractivity contribution in [2.75, 3.05) is 18.4 Å². The van der Waals surface area contributed by atoms with E-state index >= 15 is 0 Å². The summed E-state index contributed by atoms with van der Waals surface area (Å²) in [6.45, 7) is 5.32. The van der Waals surface area contributed by atoms with Gasteiger partial charge in [-0.3, -0.25) is 4.79 Å². The van der Waals surface area contributed by atoms with E-state index in [4.69, 9.17) is 0 Å². The van der Waals surface area contributed by atoms with Crippen molar-refractivity contribution in [2.24, 2.45) is 11.8 Å². The van der Waals surface area contributed by atoms with Crippen molar-refractivity contribution in [3.63, 3.8) is 0 Å². The maximum absolute atomic E-state index is 12.4. The van der Waals surface area contributed by atoms with E-state index in [1.54, 1.807) is 0 Å². The average Bonchev–Trinajstić information content (AvgIpc) is 3.13. The molecule has 3 heterocycles. The van der Waals surface area contributed by atoms with Crippen LogP contribution in [0.2, 0.25) is 0 Å². The number of carbonyl (C=O) groups excluding carboxylic acids is 1. The van der Waals surface area contributed by atoms with Crippen LogP contribution in [0.15, 0.2) is 24.3 Å². The lowest BCUT2D eigenvalue weighted by molar-refractivity contribution is -0.117. The Balaban J connectivity index is 1.36. The van der Waals surface area contributed by atoms with E-state index in [0.717, 1.165) is 49.0 Å². The molecule has 6 nitrogen and oxygen atoms in total. The Hall–Kier alpha value is -2.21. The van der Waals surface area contributed by atoms with Gasteiger partial charge in [-0.15, -0.1) is 10.2 Å². The van der Waals surface area contributed by atoms with Crippen LogP contribution in [-0.2, 0) is 17.8 Å². The first-order chi connectivity index (χ1) is 13.2. The average molecular weight is 367 g/mol. The van der Waals surface area contributed by atoms with Crippen molar-refractivity contribution in [3.8, 4) is 11.4 Å². The first-order valence-electron chi connectivity index (χ1n) is 10.2. The zero-order valence-corrected chi connectivity index (χ0v) is 16.1. The van der Waals surface area contributed by atoms with Crippen molar-refractivity contribution < 1.29 is 4.79 Å². The highest BCUT2D eigenvalue weighted by molar-refractivity contribution is 5.91. The number of anilines is 1. The van der Waals surface area contributed by atoms with Gasteiger partial charge in [0, 0.05) is 30.6 Å². The molecule has 2 aliphatic heterocycles. The van der Waals surface area contributed by atoms with E-state index in [0.29, 0.717) is 18.3 Å². The molecule has 0 saturated carbocycles. The number of aromatic nitrogens is 3. The molecule has 2 aliphatic rings. The van der Waals surface area contributed by atoms with Gasteiger partial charge in [0.2, 0.25) is 5.91 Å². The van der Waals surface area contributed by atoms with Crippen molar-refractivity contribution in [3.05, 3.63) is 30.1 Å². The number of hydrogen-bond acceptors (Lipinski definition) is 4. The van der Waals surface area contributed by atoms with Gasteiger partial charge >= 0.3 is 0 Å². The highest BCUT2D eigenvalue weighted by atomic mass is 16.1. The quantitative estimate of drug-likeness (QED) is 0.851. The van der Waals surface area contributed by atoms with Gasteiger partial charge in [-0.25, -0.2) is 0 Å². The van der Waals surface area contributed by atoms with Crippen LogP contribution in [0.3, 0.4) is 0 Å². The van der Waals surface area contributed by atoms with Gasteiger partial charge in [-0.05, 0) is 74.9 Å². The Morgan fingerprint density at radius 3 is 2.89 bits per heavy atom. The normalized spacial score (nSPS) is 20.7. The van der Waals surface area contributed by atoms with Crippen molar-refractivity contribution >= 4 is 11.6 Å². The Kier molecular flexibility index (Phi) is 5.53. The molecule has 1 saturated heterocycles. The molecule has 2 aromatic rings. The largest absolute Gasteiger partial charge is 0.326 e. The molecule has 1 fully saturated rings. The zero-order chi connectivity index (χ0) is 18.6. The second kappa shape index (κ2) is 8.21. The SMILES string of the molecule is CC(CC(=O)Nc1ccc(-c2nnc3n2CCCC3)cc1)C1CCCNC1. The lowest BCUT2D eigenvalue weighted by Crippen LogP contribution is -2.34. The predicted molar refractivity (Wildman–Crippen MR) is 106 cm³/mol. The van der Waals surface area contributed by atoms with Crippen LogP contribution in [0.5, 0.6) is 0 Å². The highest BCUT2D eigenvalue weighted by Gasteiger charge is 2.22. The zero-order valence-electron chi connectivity index (χ0n) is 16.1. The molecule has 2 N–H and O–H groups in total. The fourth-order valence-electron chi connectivity index (χ4n) is 4.26. The van der Waals surface area contributed by atoms with Crippen LogP contribution in [0.4, 0.5) is 5.69 Å². The number of amides is 1. The second-order valence-electron chi connectivity index (χ2n) is 7.96. The maximum Gasteiger partial charge on any atom is 0.224 e. The van der Waals surface area contributed by atoms with Gasteiger partial charge in [-0.2, -0.15) is 0 Å². The Bertz CT molecular complexity index is 776. The molecule has 1 amide bonds. The van der Waals surface area contributed by atoms with Crippen molar-refractivity contribution in [1.82, 2.24) is 20.1 Å². The summed E-state index contributed by atoms with van der Waals surface area (Å²) in [6.07, 6.45) is 6.39. The summed E-state index contributed by atoms with van der Waals surface area (Å²) in [4.78, 5) is 12.4. The van der Waals surface area contributed by atoms with Gasteiger partial charge in [-0.1, -0.05) is 6.92 Å². The highest BCUT2D eigenvalue weighted by Crippen LogP contribution is 2.25. The first kappa shape index (κ1) is 18.2. The van der Waals surface area contributed by atoms with E-state index in [1.807, 2.05) is 24.3 Å². The van der Waals surface area contributed by atoms with E-state index in [2.05, 4.69) is 32.3 Å². The molecule has 6 heteroatoms. The van der Waals surface area contributed by atoms with Gasteiger partial charge in [0.1, 0.15) is 5.82 Å². The van der Waals surface area contributed by atoms with Crippen LogP contribution in [0.25, 0.3) is 11.4 Å². The summed E-state index contributed by atoms with van der Waals surface area (Å²) in [5, 5.41) is 15.2. The fourth-order valence-corrected chi connectivity index (χ4v) is 4.26. The minimum Gasteiger partial charge on any atom is -0.326 e. The molecule has 4 rings (SSSR count). The number of nitrogens with one attached hydrogen (secondary N) is 2. The number of nitrogens with zero attached hydrogens (tertiary/aromatic N) is 3. The van der Waals surface area contributed by atoms with E-state index in [9.17, 15) is 4.79 Å². The summed E-state index contributed by atoms with van der Waals surface area (Å²) in [7, 11) is 0. The molecular formula is C21H29N5O. The smallest absolute Gasteiger partial charge is 0.224 e. The van der Waals surface area contributed by atoms with Crippen LogP contribution in [-0.4, -0.2) is 33.8 Å². The second-order valence-corrected chi connectivity index (χ2v) is 7.96. The third kappa shape index (κ3) is 4.21. The van der Waals surface area contributed by atoms with E-state index in [1.165, 1.54) is 25.7 Å². The molecule has 1 aromatic carbocycles. The minimum absolute atomic E-state index is 0.0979. The fraction of sp³-hybridized carbons (Fsp3) is 0.571. The van der Waals surface area contributed by atoms with Gasteiger partial charge < -0.3 is 15.2 Å². The van der Waals surface area contributed by atoms with Crippen LogP contribution >= 0.6 is 0 Å². The number of rotatable bonds is 5. The predicted octanol–water partition coefficient (Wildman–Crippen LogP) is 3.25.